The molecule has 0 aromatic rings. The predicted octanol–water partition coefficient (Wildman–Crippen LogP) is 1.39. The van der Waals surface area contributed by atoms with E-state index in [0.29, 0.717) is 5.92 Å². The Morgan fingerprint density at radius 3 is 2.56 bits per heavy atom. The summed E-state index contributed by atoms with van der Waals surface area (Å²) in [6.45, 7) is 5.00. The lowest BCUT2D eigenvalue weighted by atomic mass is 9.79. The van der Waals surface area contributed by atoms with Crippen molar-refractivity contribution in [3.05, 3.63) is 0 Å². The first-order chi connectivity index (χ1) is 8.50. The number of nitrogens with zero attached hydrogens (tertiary/aromatic N) is 1. The Hall–Kier alpha value is -0.610. The molecule has 1 amide bonds. The van der Waals surface area contributed by atoms with Crippen LogP contribution >= 0.6 is 0 Å². The monoisotopic (exact) mass is 254 g/mol. The van der Waals surface area contributed by atoms with Crippen molar-refractivity contribution in [3.63, 3.8) is 0 Å². The number of ether oxygens (including phenoxy) is 1. The van der Waals surface area contributed by atoms with E-state index in [-0.39, 0.29) is 30.0 Å². The van der Waals surface area contributed by atoms with Crippen LogP contribution in [-0.4, -0.2) is 42.6 Å². The van der Waals surface area contributed by atoms with Crippen molar-refractivity contribution >= 4 is 5.91 Å². The van der Waals surface area contributed by atoms with Gasteiger partial charge in [-0.1, -0.05) is 6.92 Å². The first-order valence-electron chi connectivity index (χ1n) is 7.14. The number of rotatable bonds is 2. The molecule has 2 N–H and O–H groups in total. The van der Waals surface area contributed by atoms with E-state index in [1.165, 1.54) is 0 Å². The van der Waals surface area contributed by atoms with Crippen LogP contribution in [0.1, 0.15) is 39.5 Å². The van der Waals surface area contributed by atoms with Crippen molar-refractivity contribution in [1.82, 2.24) is 4.90 Å². The Morgan fingerprint density at radius 1 is 1.28 bits per heavy atom. The summed E-state index contributed by atoms with van der Waals surface area (Å²) >= 11 is 0. The lowest BCUT2D eigenvalue weighted by Crippen LogP contribution is -2.47. The van der Waals surface area contributed by atoms with E-state index in [4.69, 9.17) is 10.5 Å². The second-order valence-corrected chi connectivity index (χ2v) is 6.03. The maximum absolute atomic E-state index is 12.5. The minimum absolute atomic E-state index is 0.119. The van der Waals surface area contributed by atoms with Crippen LogP contribution in [0.3, 0.4) is 0 Å². The van der Waals surface area contributed by atoms with Gasteiger partial charge in [-0.2, -0.15) is 0 Å². The van der Waals surface area contributed by atoms with Crippen LogP contribution < -0.4 is 5.73 Å². The standard InChI is InChI=1S/C14H26N2O2/c1-9-4-5-11(8-12(9)15)14(17)16(3)13-6-7-18-10(13)2/h9-13H,4-8,15H2,1-3H3. The average Bonchev–Trinajstić information content (AvgIpc) is 2.77. The van der Waals surface area contributed by atoms with Crippen molar-refractivity contribution in [3.8, 4) is 0 Å². The van der Waals surface area contributed by atoms with Gasteiger partial charge in [-0.05, 0) is 38.5 Å². The highest BCUT2D eigenvalue weighted by Crippen LogP contribution is 2.30. The van der Waals surface area contributed by atoms with Crippen molar-refractivity contribution < 1.29 is 9.53 Å². The molecule has 4 nitrogen and oxygen atoms in total. The molecule has 5 unspecified atom stereocenters. The molecule has 1 saturated heterocycles. The highest BCUT2D eigenvalue weighted by molar-refractivity contribution is 5.79. The molecule has 18 heavy (non-hydrogen) atoms. The zero-order valence-electron chi connectivity index (χ0n) is 11.8. The summed E-state index contributed by atoms with van der Waals surface area (Å²) in [6.07, 6.45) is 4.02. The van der Waals surface area contributed by atoms with Crippen LogP contribution in [0, 0.1) is 11.8 Å². The van der Waals surface area contributed by atoms with Gasteiger partial charge in [0.2, 0.25) is 5.91 Å². The summed E-state index contributed by atoms with van der Waals surface area (Å²) in [7, 11) is 1.92. The summed E-state index contributed by atoms with van der Waals surface area (Å²) in [6, 6.07) is 0.423. The maximum Gasteiger partial charge on any atom is 0.225 e. The Balaban J connectivity index is 1.94. The molecule has 0 spiro atoms. The third-order valence-corrected chi connectivity index (χ3v) is 4.79. The van der Waals surface area contributed by atoms with E-state index < -0.39 is 0 Å². The molecule has 104 valence electrons. The summed E-state index contributed by atoms with van der Waals surface area (Å²) in [5.74, 6) is 0.932. The first kappa shape index (κ1) is 13.8. The fraction of sp³-hybridized carbons (Fsp3) is 0.929. The van der Waals surface area contributed by atoms with Crippen LogP contribution in [0.25, 0.3) is 0 Å². The smallest absolute Gasteiger partial charge is 0.225 e. The topological polar surface area (TPSA) is 55.6 Å². The van der Waals surface area contributed by atoms with Gasteiger partial charge in [-0.15, -0.1) is 0 Å². The molecule has 0 aromatic carbocycles. The average molecular weight is 254 g/mol. The quantitative estimate of drug-likeness (QED) is 0.810. The second-order valence-electron chi connectivity index (χ2n) is 6.03. The fourth-order valence-corrected chi connectivity index (χ4v) is 3.26. The van der Waals surface area contributed by atoms with Crippen LogP contribution in [0.4, 0.5) is 0 Å². The number of hydrogen-bond donors (Lipinski definition) is 1. The lowest BCUT2D eigenvalue weighted by molar-refractivity contribution is -0.138. The summed E-state index contributed by atoms with van der Waals surface area (Å²) in [4.78, 5) is 14.4. The van der Waals surface area contributed by atoms with E-state index in [1.807, 2.05) is 11.9 Å². The van der Waals surface area contributed by atoms with E-state index in [9.17, 15) is 4.79 Å². The molecule has 4 heteroatoms. The second kappa shape index (κ2) is 5.57. The normalized spacial score (nSPS) is 40.8. The van der Waals surface area contributed by atoms with Crippen molar-refractivity contribution in [2.24, 2.45) is 17.6 Å². The summed E-state index contributed by atoms with van der Waals surface area (Å²) in [5.41, 5.74) is 6.09. The van der Waals surface area contributed by atoms with Gasteiger partial charge in [0.15, 0.2) is 0 Å². The van der Waals surface area contributed by atoms with Gasteiger partial charge in [0, 0.05) is 25.6 Å². The van der Waals surface area contributed by atoms with E-state index in [1.54, 1.807) is 0 Å². The van der Waals surface area contributed by atoms with Crippen LogP contribution in [0.5, 0.6) is 0 Å². The van der Waals surface area contributed by atoms with Crippen molar-refractivity contribution in [2.75, 3.05) is 13.7 Å². The van der Waals surface area contributed by atoms with E-state index >= 15 is 0 Å². The Kier molecular flexibility index (Phi) is 4.28. The molecule has 2 aliphatic rings. The Morgan fingerprint density at radius 2 is 2.00 bits per heavy atom. The molecule has 1 saturated carbocycles. The molecule has 2 rings (SSSR count). The lowest BCUT2D eigenvalue weighted by Gasteiger charge is -2.35. The first-order valence-corrected chi connectivity index (χ1v) is 7.14. The highest BCUT2D eigenvalue weighted by atomic mass is 16.5. The number of amides is 1. The molecule has 0 radical (unpaired) electrons. The highest BCUT2D eigenvalue weighted by Gasteiger charge is 2.36. The largest absolute Gasteiger partial charge is 0.376 e. The Labute approximate surface area is 110 Å². The number of likely N-dealkylation sites (N-methyl/N-ethyl adjacent to an activating group) is 1. The van der Waals surface area contributed by atoms with E-state index in [2.05, 4.69) is 13.8 Å². The van der Waals surface area contributed by atoms with Crippen molar-refractivity contribution in [2.45, 2.75) is 57.7 Å². The third-order valence-electron chi connectivity index (χ3n) is 4.79. The minimum Gasteiger partial charge on any atom is -0.376 e. The zero-order chi connectivity index (χ0) is 13.3. The van der Waals surface area contributed by atoms with Gasteiger partial charge in [0.05, 0.1) is 12.1 Å². The Bertz CT molecular complexity index is 308. The van der Waals surface area contributed by atoms with Gasteiger partial charge in [0.25, 0.3) is 0 Å². The SMILES string of the molecule is CC1CCC(C(=O)N(C)C2CCOC2C)CC1N. The van der Waals surface area contributed by atoms with Gasteiger partial charge >= 0.3 is 0 Å². The van der Waals surface area contributed by atoms with E-state index in [0.717, 1.165) is 32.3 Å². The molecule has 1 aliphatic heterocycles. The minimum atomic E-state index is 0.119. The zero-order valence-corrected chi connectivity index (χ0v) is 11.8. The molecule has 1 aliphatic carbocycles. The summed E-state index contributed by atoms with van der Waals surface area (Å²) < 4.78 is 5.54. The molecule has 2 fully saturated rings. The van der Waals surface area contributed by atoms with Gasteiger partial charge < -0.3 is 15.4 Å². The maximum atomic E-state index is 12.5. The fourth-order valence-electron chi connectivity index (χ4n) is 3.26. The number of nitrogens with two attached hydrogens (primary N) is 1. The van der Waals surface area contributed by atoms with Crippen LogP contribution in [-0.2, 0) is 9.53 Å². The third kappa shape index (κ3) is 2.69. The number of carbonyl (C=O) groups is 1. The van der Waals surface area contributed by atoms with Crippen molar-refractivity contribution in [1.29, 1.82) is 0 Å². The van der Waals surface area contributed by atoms with Gasteiger partial charge in [-0.3, -0.25) is 4.79 Å². The van der Waals surface area contributed by atoms with Gasteiger partial charge in [0.1, 0.15) is 0 Å². The molecule has 0 bridgehead atoms. The van der Waals surface area contributed by atoms with Crippen LogP contribution in [0.2, 0.25) is 0 Å². The molecular weight excluding hydrogens is 228 g/mol. The molecular formula is C14H26N2O2. The van der Waals surface area contributed by atoms with Crippen LogP contribution in [0.15, 0.2) is 0 Å². The summed E-state index contributed by atoms with van der Waals surface area (Å²) in [5, 5.41) is 0. The molecule has 1 heterocycles. The molecule has 0 aromatic heterocycles. The molecule has 5 atom stereocenters. The number of hydrogen-bond acceptors (Lipinski definition) is 3. The van der Waals surface area contributed by atoms with Gasteiger partial charge in [-0.25, -0.2) is 0 Å². The predicted molar refractivity (Wildman–Crippen MR) is 71.1 cm³/mol. The number of carbonyl (C=O) groups excluding carboxylic acids is 1.